The van der Waals surface area contributed by atoms with Crippen LogP contribution in [0.3, 0.4) is 0 Å². The lowest BCUT2D eigenvalue weighted by molar-refractivity contribution is 0.156. The maximum atomic E-state index is 12.2. The number of rotatable bonds is 5. The van der Waals surface area contributed by atoms with Crippen molar-refractivity contribution in [1.29, 1.82) is 0 Å². The summed E-state index contributed by atoms with van der Waals surface area (Å²) >= 11 is 6.02. The quantitative estimate of drug-likeness (QED) is 0.868. The summed E-state index contributed by atoms with van der Waals surface area (Å²) in [4.78, 5) is 1.44. The Labute approximate surface area is 99.0 Å². The van der Waals surface area contributed by atoms with Crippen LogP contribution in [0.4, 0.5) is 14.5 Å². The number of halogens is 3. The van der Waals surface area contributed by atoms with Crippen molar-refractivity contribution >= 4 is 17.3 Å². The van der Waals surface area contributed by atoms with Gasteiger partial charge in [0.25, 0.3) is 6.43 Å². The van der Waals surface area contributed by atoms with Gasteiger partial charge in [-0.3, -0.25) is 0 Å². The van der Waals surface area contributed by atoms with Crippen molar-refractivity contribution in [2.24, 2.45) is 5.73 Å². The van der Waals surface area contributed by atoms with Crippen molar-refractivity contribution in [2.75, 3.05) is 25.0 Å². The highest BCUT2D eigenvalue weighted by atomic mass is 35.5. The molecule has 5 heteroatoms. The molecule has 0 heterocycles. The molecule has 1 aromatic carbocycles. The Balaban J connectivity index is 2.81. The molecule has 0 aliphatic heterocycles. The zero-order chi connectivity index (χ0) is 12.1. The zero-order valence-electron chi connectivity index (χ0n) is 9.09. The van der Waals surface area contributed by atoms with Gasteiger partial charge in [-0.25, -0.2) is 8.78 Å². The number of hydrogen-bond donors (Lipinski definition) is 1. The van der Waals surface area contributed by atoms with Crippen molar-refractivity contribution in [3.8, 4) is 0 Å². The van der Waals surface area contributed by atoms with Crippen molar-refractivity contribution in [1.82, 2.24) is 0 Å². The van der Waals surface area contributed by atoms with Crippen LogP contribution in [0.25, 0.3) is 0 Å². The van der Waals surface area contributed by atoms with E-state index in [9.17, 15) is 8.78 Å². The summed E-state index contributed by atoms with van der Waals surface area (Å²) in [6.07, 6.45) is -1.64. The molecular weight excluding hydrogens is 234 g/mol. The summed E-state index contributed by atoms with van der Waals surface area (Å²) in [5.74, 6) is 0. The van der Waals surface area contributed by atoms with E-state index in [1.165, 1.54) is 4.90 Å². The van der Waals surface area contributed by atoms with Crippen LogP contribution in [0.5, 0.6) is 0 Å². The molecule has 2 N–H and O–H groups in total. The third-order valence-corrected chi connectivity index (χ3v) is 2.57. The van der Waals surface area contributed by atoms with Gasteiger partial charge in [0.05, 0.1) is 17.3 Å². The van der Waals surface area contributed by atoms with Gasteiger partial charge >= 0.3 is 0 Å². The highest BCUT2D eigenvalue weighted by Crippen LogP contribution is 2.26. The van der Waals surface area contributed by atoms with Crippen molar-refractivity contribution < 1.29 is 8.78 Å². The molecule has 1 aromatic rings. The van der Waals surface area contributed by atoms with Gasteiger partial charge in [-0.05, 0) is 30.7 Å². The van der Waals surface area contributed by atoms with E-state index < -0.39 is 6.43 Å². The summed E-state index contributed by atoms with van der Waals surface area (Å²) in [5, 5.41) is 0.481. The van der Waals surface area contributed by atoms with Crippen LogP contribution in [0.2, 0.25) is 5.02 Å². The highest BCUT2D eigenvalue weighted by molar-refractivity contribution is 6.33. The van der Waals surface area contributed by atoms with E-state index in [1.54, 1.807) is 19.2 Å². The van der Waals surface area contributed by atoms with Gasteiger partial charge in [-0.1, -0.05) is 17.7 Å². The summed E-state index contributed by atoms with van der Waals surface area (Å²) in [6.45, 7) is 0.221. The molecular formula is C11H15ClF2N2. The fourth-order valence-corrected chi connectivity index (χ4v) is 1.83. The molecule has 90 valence electrons. The molecule has 0 saturated heterocycles. The molecule has 0 radical (unpaired) electrons. The molecule has 2 nitrogen and oxygen atoms in total. The molecule has 16 heavy (non-hydrogen) atoms. The smallest absolute Gasteiger partial charge is 0.255 e. The SMILES string of the molecule is CN(CC(F)F)c1ccc(CCN)cc1Cl. The minimum atomic E-state index is -2.37. The Morgan fingerprint density at radius 1 is 1.44 bits per heavy atom. The lowest BCUT2D eigenvalue weighted by Crippen LogP contribution is -2.24. The lowest BCUT2D eigenvalue weighted by atomic mass is 10.1. The molecule has 0 atom stereocenters. The van der Waals surface area contributed by atoms with Gasteiger partial charge in [-0.15, -0.1) is 0 Å². The summed E-state index contributed by atoms with van der Waals surface area (Å²) in [5.41, 5.74) is 7.05. The second kappa shape index (κ2) is 6.01. The van der Waals surface area contributed by atoms with E-state index in [0.717, 1.165) is 12.0 Å². The second-order valence-corrected chi connectivity index (χ2v) is 4.00. The Morgan fingerprint density at radius 3 is 2.62 bits per heavy atom. The maximum Gasteiger partial charge on any atom is 0.255 e. The molecule has 0 spiro atoms. The molecule has 0 aromatic heterocycles. The number of alkyl halides is 2. The number of hydrogen-bond acceptors (Lipinski definition) is 2. The number of nitrogens with zero attached hydrogens (tertiary/aromatic N) is 1. The first-order valence-corrected chi connectivity index (χ1v) is 5.40. The Morgan fingerprint density at radius 2 is 2.12 bits per heavy atom. The summed E-state index contributed by atoms with van der Waals surface area (Å²) in [7, 11) is 1.59. The van der Waals surface area contributed by atoms with Crippen molar-refractivity contribution in [2.45, 2.75) is 12.8 Å². The molecule has 0 aliphatic carbocycles. The Bertz CT molecular complexity index is 345. The van der Waals surface area contributed by atoms with Crippen LogP contribution in [0.15, 0.2) is 18.2 Å². The fraction of sp³-hybridized carbons (Fsp3) is 0.455. The number of benzene rings is 1. The van der Waals surface area contributed by atoms with Gasteiger partial charge < -0.3 is 10.6 Å². The van der Waals surface area contributed by atoms with Crippen molar-refractivity contribution in [3.05, 3.63) is 28.8 Å². The number of nitrogens with two attached hydrogens (primary N) is 1. The zero-order valence-corrected chi connectivity index (χ0v) is 9.85. The lowest BCUT2D eigenvalue weighted by Gasteiger charge is -2.20. The fourth-order valence-electron chi connectivity index (χ4n) is 1.49. The minimum absolute atomic E-state index is 0.323. The largest absolute Gasteiger partial charge is 0.368 e. The topological polar surface area (TPSA) is 29.3 Å². The van der Waals surface area contributed by atoms with E-state index in [-0.39, 0.29) is 6.54 Å². The highest BCUT2D eigenvalue weighted by Gasteiger charge is 2.11. The third-order valence-electron chi connectivity index (χ3n) is 2.27. The van der Waals surface area contributed by atoms with Crippen LogP contribution >= 0.6 is 11.6 Å². The predicted molar refractivity (Wildman–Crippen MR) is 63.5 cm³/mol. The van der Waals surface area contributed by atoms with Gasteiger partial charge in [0.15, 0.2) is 0 Å². The van der Waals surface area contributed by atoms with Gasteiger partial charge in [0, 0.05) is 7.05 Å². The number of anilines is 1. The minimum Gasteiger partial charge on any atom is -0.368 e. The monoisotopic (exact) mass is 248 g/mol. The average molecular weight is 249 g/mol. The molecule has 0 unspecified atom stereocenters. The van der Waals surface area contributed by atoms with E-state index in [0.29, 0.717) is 17.3 Å². The summed E-state index contributed by atoms with van der Waals surface area (Å²) in [6, 6.07) is 5.37. The van der Waals surface area contributed by atoms with Crippen LogP contribution in [-0.2, 0) is 6.42 Å². The molecule has 0 aliphatic rings. The molecule has 0 amide bonds. The van der Waals surface area contributed by atoms with E-state index in [1.807, 2.05) is 6.07 Å². The normalized spacial score (nSPS) is 10.9. The standard InChI is InChI=1S/C11H15ClF2N2/c1-16(7-11(13)14)10-3-2-8(4-5-15)6-9(10)12/h2-3,6,11H,4-5,7,15H2,1H3. The van der Waals surface area contributed by atoms with Crippen LogP contribution in [0.1, 0.15) is 5.56 Å². The first-order valence-electron chi connectivity index (χ1n) is 5.02. The van der Waals surface area contributed by atoms with Crippen LogP contribution < -0.4 is 10.6 Å². The van der Waals surface area contributed by atoms with Gasteiger partial charge in [0.2, 0.25) is 0 Å². The Kier molecular flexibility index (Phi) is 4.96. The van der Waals surface area contributed by atoms with Gasteiger partial charge in [-0.2, -0.15) is 0 Å². The molecule has 0 fully saturated rings. The third kappa shape index (κ3) is 3.61. The first kappa shape index (κ1) is 13.2. The first-order chi connectivity index (χ1) is 7.54. The van der Waals surface area contributed by atoms with E-state index in [4.69, 9.17) is 17.3 Å². The maximum absolute atomic E-state index is 12.2. The van der Waals surface area contributed by atoms with E-state index in [2.05, 4.69) is 0 Å². The molecule has 0 bridgehead atoms. The Hall–Kier alpha value is -0.870. The second-order valence-electron chi connectivity index (χ2n) is 3.60. The van der Waals surface area contributed by atoms with Crippen LogP contribution in [0, 0.1) is 0 Å². The summed E-state index contributed by atoms with van der Waals surface area (Å²) < 4.78 is 24.4. The molecule has 1 rings (SSSR count). The average Bonchev–Trinajstić information content (AvgIpc) is 2.16. The van der Waals surface area contributed by atoms with E-state index >= 15 is 0 Å². The van der Waals surface area contributed by atoms with Crippen molar-refractivity contribution in [3.63, 3.8) is 0 Å². The molecule has 0 saturated carbocycles. The predicted octanol–water partition coefficient (Wildman–Crippen LogP) is 2.54. The van der Waals surface area contributed by atoms with Crippen LogP contribution in [-0.4, -0.2) is 26.6 Å². The van der Waals surface area contributed by atoms with Gasteiger partial charge in [0.1, 0.15) is 0 Å².